The molecule has 2 aromatic rings. The minimum absolute atomic E-state index is 0.160. The smallest absolute Gasteiger partial charge is 0.131 e. The third-order valence-corrected chi connectivity index (χ3v) is 6.30. The highest BCUT2D eigenvalue weighted by molar-refractivity contribution is 5.78. The van der Waals surface area contributed by atoms with Crippen LogP contribution in [0.25, 0.3) is 16.7 Å². The van der Waals surface area contributed by atoms with Crippen LogP contribution in [0.2, 0.25) is 0 Å². The summed E-state index contributed by atoms with van der Waals surface area (Å²) in [5, 5.41) is 0. The zero-order valence-corrected chi connectivity index (χ0v) is 18.9. The van der Waals surface area contributed by atoms with Gasteiger partial charge in [0.1, 0.15) is 5.82 Å². The Morgan fingerprint density at radius 3 is 2.17 bits per heavy atom. The van der Waals surface area contributed by atoms with Crippen LogP contribution in [0.3, 0.4) is 0 Å². The summed E-state index contributed by atoms with van der Waals surface area (Å²) in [4.78, 5) is 0. The molecule has 2 aliphatic rings. The SMILES string of the molecule is CC.CC1=CC=C(c2ccc(-c3ccc(C4CCC(C)CC4)cc3)cc2F)C=CC1. The highest BCUT2D eigenvalue weighted by atomic mass is 19.1. The van der Waals surface area contributed by atoms with Gasteiger partial charge in [-0.05, 0) is 66.4 Å². The van der Waals surface area contributed by atoms with Gasteiger partial charge in [0.15, 0.2) is 0 Å². The molecule has 0 spiro atoms. The fourth-order valence-electron chi connectivity index (χ4n) is 4.38. The molecule has 0 aromatic heterocycles. The van der Waals surface area contributed by atoms with Crippen LogP contribution in [0.5, 0.6) is 0 Å². The fourth-order valence-corrected chi connectivity index (χ4v) is 4.38. The molecule has 0 amide bonds. The van der Waals surface area contributed by atoms with Crippen LogP contribution in [0.15, 0.2) is 72.3 Å². The van der Waals surface area contributed by atoms with Gasteiger partial charge in [-0.25, -0.2) is 4.39 Å². The minimum atomic E-state index is -0.160. The standard InChI is InChI=1S/C27H29F.C2H6/c1-19-4-3-5-24(11-8-19)26-17-16-25(18-27(26)28)23-14-12-22(13-15-23)21-9-6-20(2)7-10-21;1-2/h3,5,8,11-18,20-21H,4,6-7,9-10H2,1-2H3;1-2H3. The molecule has 0 nitrogen and oxygen atoms in total. The van der Waals surface area contributed by atoms with Crippen molar-refractivity contribution < 1.29 is 4.39 Å². The number of allylic oxidation sites excluding steroid dienone is 6. The maximum atomic E-state index is 14.9. The van der Waals surface area contributed by atoms with E-state index in [2.05, 4.69) is 50.3 Å². The number of hydrogen-bond donors (Lipinski definition) is 0. The first kappa shape index (κ1) is 22.3. The zero-order chi connectivity index (χ0) is 21.5. The van der Waals surface area contributed by atoms with Crippen molar-refractivity contribution in [3.8, 4) is 11.1 Å². The van der Waals surface area contributed by atoms with Gasteiger partial charge in [0.05, 0.1) is 0 Å². The van der Waals surface area contributed by atoms with Crippen LogP contribution in [0.4, 0.5) is 4.39 Å². The summed E-state index contributed by atoms with van der Waals surface area (Å²) in [6.07, 6.45) is 14.4. The Bertz CT molecular complexity index is 919. The highest BCUT2D eigenvalue weighted by Crippen LogP contribution is 2.36. The van der Waals surface area contributed by atoms with E-state index in [1.54, 1.807) is 6.07 Å². The van der Waals surface area contributed by atoms with Gasteiger partial charge in [0, 0.05) is 5.56 Å². The summed E-state index contributed by atoms with van der Waals surface area (Å²) in [6.45, 7) is 8.46. The monoisotopic (exact) mass is 402 g/mol. The molecule has 0 N–H and O–H groups in total. The van der Waals surface area contributed by atoms with Crippen LogP contribution < -0.4 is 0 Å². The summed E-state index contributed by atoms with van der Waals surface area (Å²) in [6, 6.07) is 14.4. The van der Waals surface area contributed by atoms with Crippen molar-refractivity contribution in [2.24, 2.45) is 5.92 Å². The minimum Gasteiger partial charge on any atom is -0.206 e. The molecule has 30 heavy (non-hydrogen) atoms. The molecular weight excluding hydrogens is 367 g/mol. The maximum Gasteiger partial charge on any atom is 0.131 e. The topological polar surface area (TPSA) is 0 Å². The molecule has 0 saturated heterocycles. The van der Waals surface area contributed by atoms with Gasteiger partial charge in [-0.15, -0.1) is 0 Å². The van der Waals surface area contributed by atoms with Crippen molar-refractivity contribution in [1.82, 2.24) is 0 Å². The Morgan fingerprint density at radius 2 is 1.50 bits per heavy atom. The lowest BCUT2D eigenvalue weighted by molar-refractivity contribution is 0.348. The Labute approximate surface area is 182 Å². The number of hydrogen-bond acceptors (Lipinski definition) is 0. The average Bonchev–Trinajstić information content (AvgIpc) is 3.00. The molecule has 0 unspecified atom stereocenters. The van der Waals surface area contributed by atoms with E-state index >= 15 is 0 Å². The lowest BCUT2D eigenvalue weighted by Gasteiger charge is -2.26. The van der Waals surface area contributed by atoms with Crippen molar-refractivity contribution in [1.29, 1.82) is 0 Å². The third-order valence-electron chi connectivity index (χ3n) is 6.30. The lowest BCUT2D eigenvalue weighted by atomic mass is 9.79. The first-order valence-corrected chi connectivity index (χ1v) is 11.5. The van der Waals surface area contributed by atoms with Crippen LogP contribution in [0.1, 0.15) is 76.8 Å². The van der Waals surface area contributed by atoms with E-state index in [0.717, 1.165) is 29.0 Å². The molecule has 158 valence electrons. The second kappa shape index (κ2) is 10.6. The van der Waals surface area contributed by atoms with E-state index < -0.39 is 0 Å². The van der Waals surface area contributed by atoms with Crippen molar-refractivity contribution in [2.45, 2.75) is 65.7 Å². The average molecular weight is 403 g/mol. The van der Waals surface area contributed by atoms with Crippen LogP contribution in [0, 0.1) is 11.7 Å². The first-order chi connectivity index (χ1) is 14.6. The predicted molar refractivity (Wildman–Crippen MR) is 129 cm³/mol. The predicted octanol–water partition coefficient (Wildman–Crippen LogP) is 9.10. The van der Waals surface area contributed by atoms with Gasteiger partial charge in [-0.2, -0.15) is 0 Å². The van der Waals surface area contributed by atoms with Gasteiger partial charge >= 0.3 is 0 Å². The van der Waals surface area contributed by atoms with E-state index in [1.165, 1.54) is 36.8 Å². The molecule has 1 fully saturated rings. The normalized spacial score (nSPS) is 21.1. The summed E-state index contributed by atoms with van der Waals surface area (Å²) >= 11 is 0. The highest BCUT2D eigenvalue weighted by Gasteiger charge is 2.19. The van der Waals surface area contributed by atoms with E-state index in [0.29, 0.717) is 11.5 Å². The fraction of sp³-hybridized carbons (Fsp3) is 0.379. The number of halogens is 1. The maximum absolute atomic E-state index is 14.9. The number of benzene rings is 2. The van der Waals surface area contributed by atoms with Crippen LogP contribution >= 0.6 is 0 Å². The quantitative estimate of drug-likeness (QED) is 0.480. The molecule has 4 rings (SSSR count). The zero-order valence-electron chi connectivity index (χ0n) is 18.9. The van der Waals surface area contributed by atoms with Gasteiger partial charge in [-0.3, -0.25) is 0 Å². The van der Waals surface area contributed by atoms with Crippen LogP contribution in [-0.2, 0) is 0 Å². The van der Waals surface area contributed by atoms with Crippen molar-refractivity contribution >= 4 is 5.57 Å². The largest absolute Gasteiger partial charge is 0.206 e. The van der Waals surface area contributed by atoms with Crippen molar-refractivity contribution in [3.63, 3.8) is 0 Å². The summed E-state index contributed by atoms with van der Waals surface area (Å²) in [5.41, 5.74) is 6.34. The molecule has 0 atom stereocenters. The lowest BCUT2D eigenvalue weighted by Crippen LogP contribution is -2.10. The van der Waals surface area contributed by atoms with Crippen molar-refractivity contribution in [3.05, 3.63) is 89.3 Å². The van der Waals surface area contributed by atoms with Gasteiger partial charge in [0.2, 0.25) is 0 Å². The summed E-state index contributed by atoms with van der Waals surface area (Å²) in [5.74, 6) is 1.40. The molecular formula is C29H35F. The molecule has 2 aromatic carbocycles. The van der Waals surface area contributed by atoms with Crippen molar-refractivity contribution in [2.75, 3.05) is 0 Å². The van der Waals surface area contributed by atoms with E-state index in [-0.39, 0.29) is 5.82 Å². The Morgan fingerprint density at radius 1 is 0.833 bits per heavy atom. The molecule has 1 heteroatoms. The van der Waals surface area contributed by atoms with Gasteiger partial charge in [-0.1, -0.05) is 99.9 Å². The van der Waals surface area contributed by atoms with Crippen LogP contribution in [-0.4, -0.2) is 0 Å². The second-order valence-corrected chi connectivity index (χ2v) is 8.51. The molecule has 1 saturated carbocycles. The second-order valence-electron chi connectivity index (χ2n) is 8.51. The third kappa shape index (κ3) is 5.39. The van der Waals surface area contributed by atoms with Gasteiger partial charge < -0.3 is 0 Å². The molecule has 0 heterocycles. The molecule has 0 bridgehead atoms. The molecule has 0 aliphatic heterocycles. The van der Waals surface area contributed by atoms with E-state index in [1.807, 2.05) is 38.1 Å². The summed E-state index contributed by atoms with van der Waals surface area (Å²) < 4.78 is 14.9. The first-order valence-electron chi connectivity index (χ1n) is 11.5. The molecule has 0 radical (unpaired) electrons. The van der Waals surface area contributed by atoms with E-state index in [9.17, 15) is 4.39 Å². The Balaban J connectivity index is 0.00000124. The number of rotatable bonds is 3. The molecule has 2 aliphatic carbocycles. The van der Waals surface area contributed by atoms with E-state index in [4.69, 9.17) is 0 Å². The Kier molecular flexibility index (Phi) is 7.85. The summed E-state index contributed by atoms with van der Waals surface area (Å²) in [7, 11) is 0. The van der Waals surface area contributed by atoms with Gasteiger partial charge in [0.25, 0.3) is 0 Å². The Hall–Kier alpha value is -2.41.